The second-order valence-electron chi connectivity index (χ2n) is 5.07. The lowest BCUT2D eigenvalue weighted by Gasteiger charge is -2.11. The predicted molar refractivity (Wildman–Crippen MR) is 98.8 cm³/mol. The van der Waals surface area contributed by atoms with Gasteiger partial charge in [0.05, 0.1) is 0 Å². The molecule has 5 heteroatoms. The van der Waals surface area contributed by atoms with Crippen molar-refractivity contribution in [3.63, 3.8) is 0 Å². The van der Waals surface area contributed by atoms with Crippen LogP contribution in [-0.4, -0.2) is 11.7 Å². The molecular weight excluding hydrogens is 335 g/mol. The Bertz CT molecular complexity index is 642. The molecule has 2 nitrogen and oxygen atoms in total. The van der Waals surface area contributed by atoms with E-state index in [4.69, 9.17) is 35.4 Å². The minimum absolute atomic E-state index is 0.644. The predicted octanol–water partition coefficient (Wildman–Crippen LogP) is 4.51. The van der Waals surface area contributed by atoms with Crippen LogP contribution in [0.4, 0.5) is 0 Å². The summed E-state index contributed by atoms with van der Waals surface area (Å²) in [6, 6.07) is 13.9. The third-order valence-electron chi connectivity index (χ3n) is 3.30. The zero-order valence-corrected chi connectivity index (χ0v) is 14.7. The lowest BCUT2D eigenvalue weighted by atomic mass is 10.1. The number of hydrogen-bond donors (Lipinski definition) is 2. The summed E-state index contributed by atoms with van der Waals surface area (Å²) in [5, 5.41) is 8.56. The number of halogens is 2. The van der Waals surface area contributed by atoms with Gasteiger partial charge < -0.3 is 10.6 Å². The number of aryl methyl sites for hydroxylation is 1. The van der Waals surface area contributed by atoms with Crippen molar-refractivity contribution in [3.05, 3.63) is 69.2 Å². The molecule has 0 bridgehead atoms. The highest BCUT2D eigenvalue weighted by Gasteiger charge is 2.00. The Kier molecular flexibility index (Phi) is 6.49. The summed E-state index contributed by atoms with van der Waals surface area (Å²) >= 11 is 17.2. The molecule has 0 aliphatic heterocycles. The summed E-state index contributed by atoms with van der Waals surface area (Å²) < 4.78 is 0. The van der Waals surface area contributed by atoms with Crippen LogP contribution < -0.4 is 10.6 Å². The number of nitrogens with one attached hydrogen (secondary N) is 2. The average molecular weight is 353 g/mol. The molecule has 22 heavy (non-hydrogen) atoms. The monoisotopic (exact) mass is 352 g/mol. The fourth-order valence-corrected chi connectivity index (χ4v) is 2.47. The number of rotatable bonds is 5. The van der Waals surface area contributed by atoms with Crippen LogP contribution in [0.5, 0.6) is 0 Å². The maximum absolute atomic E-state index is 6.11. The Labute approximate surface area is 146 Å². The lowest BCUT2D eigenvalue weighted by Crippen LogP contribution is -2.35. The van der Waals surface area contributed by atoms with E-state index in [1.54, 1.807) is 0 Å². The van der Waals surface area contributed by atoms with E-state index < -0.39 is 0 Å². The Balaban J connectivity index is 1.71. The van der Waals surface area contributed by atoms with Gasteiger partial charge in [0, 0.05) is 23.1 Å². The first-order chi connectivity index (χ1) is 10.5. The van der Waals surface area contributed by atoms with Crippen molar-refractivity contribution in [2.75, 3.05) is 6.54 Å². The molecule has 0 atom stereocenters. The fraction of sp³-hybridized carbons (Fsp3) is 0.235. The van der Waals surface area contributed by atoms with Crippen molar-refractivity contribution in [2.45, 2.75) is 19.9 Å². The molecule has 0 fully saturated rings. The van der Waals surface area contributed by atoms with E-state index in [1.165, 1.54) is 5.56 Å². The van der Waals surface area contributed by atoms with Crippen LogP contribution in [0.3, 0.4) is 0 Å². The summed E-state index contributed by atoms with van der Waals surface area (Å²) in [5.74, 6) is 0. The smallest absolute Gasteiger partial charge is 0.166 e. The molecule has 2 rings (SSSR count). The number of benzene rings is 2. The number of thiocarbonyl (C=S) groups is 1. The lowest BCUT2D eigenvalue weighted by molar-refractivity contribution is 0.814. The van der Waals surface area contributed by atoms with Gasteiger partial charge in [0.15, 0.2) is 5.11 Å². The highest BCUT2D eigenvalue weighted by Crippen LogP contribution is 2.16. The van der Waals surface area contributed by atoms with E-state index in [1.807, 2.05) is 49.4 Å². The first-order valence-electron chi connectivity index (χ1n) is 7.06. The van der Waals surface area contributed by atoms with Gasteiger partial charge in [0.25, 0.3) is 0 Å². The zero-order chi connectivity index (χ0) is 15.9. The average Bonchev–Trinajstić information content (AvgIpc) is 2.50. The van der Waals surface area contributed by atoms with Crippen LogP contribution in [0.1, 0.15) is 16.7 Å². The summed E-state index contributed by atoms with van der Waals surface area (Å²) in [4.78, 5) is 0. The summed E-state index contributed by atoms with van der Waals surface area (Å²) in [6.07, 6.45) is 0.898. The molecule has 0 aromatic heterocycles. The zero-order valence-electron chi connectivity index (χ0n) is 12.3. The van der Waals surface area contributed by atoms with Crippen LogP contribution >= 0.6 is 35.4 Å². The largest absolute Gasteiger partial charge is 0.362 e. The Hall–Kier alpha value is -1.29. The van der Waals surface area contributed by atoms with Crippen molar-refractivity contribution in [1.82, 2.24) is 10.6 Å². The van der Waals surface area contributed by atoms with Gasteiger partial charge in [0.1, 0.15) is 0 Å². The topological polar surface area (TPSA) is 24.1 Å². The normalized spacial score (nSPS) is 10.3. The first-order valence-corrected chi connectivity index (χ1v) is 8.22. The molecule has 0 saturated carbocycles. The van der Waals surface area contributed by atoms with E-state index in [-0.39, 0.29) is 0 Å². The molecule has 0 heterocycles. The highest BCUT2D eigenvalue weighted by atomic mass is 35.5. The molecule has 2 N–H and O–H groups in total. The molecule has 0 spiro atoms. The van der Waals surface area contributed by atoms with E-state index >= 15 is 0 Å². The van der Waals surface area contributed by atoms with Crippen molar-refractivity contribution < 1.29 is 0 Å². The van der Waals surface area contributed by atoms with Crippen LogP contribution in [0.25, 0.3) is 0 Å². The minimum Gasteiger partial charge on any atom is -0.362 e. The molecule has 116 valence electrons. The first kappa shape index (κ1) is 17.1. The molecule has 0 unspecified atom stereocenters. The van der Waals surface area contributed by atoms with Crippen LogP contribution in [-0.2, 0) is 13.0 Å². The van der Waals surface area contributed by atoms with Gasteiger partial charge in [-0.25, -0.2) is 0 Å². The van der Waals surface area contributed by atoms with Crippen LogP contribution in [0.15, 0.2) is 42.5 Å². The molecule has 0 amide bonds. The summed E-state index contributed by atoms with van der Waals surface area (Å²) in [5.41, 5.74) is 3.41. The van der Waals surface area contributed by atoms with Crippen molar-refractivity contribution in [2.24, 2.45) is 0 Å². The van der Waals surface area contributed by atoms with Gasteiger partial charge in [-0.2, -0.15) is 0 Å². The Morgan fingerprint density at radius 2 is 1.68 bits per heavy atom. The summed E-state index contributed by atoms with van der Waals surface area (Å²) in [7, 11) is 0. The van der Waals surface area contributed by atoms with Crippen molar-refractivity contribution >= 4 is 40.5 Å². The maximum atomic E-state index is 6.11. The molecule has 0 saturated heterocycles. The van der Waals surface area contributed by atoms with Crippen molar-refractivity contribution in [3.8, 4) is 0 Å². The van der Waals surface area contributed by atoms with Gasteiger partial charge in [0.2, 0.25) is 0 Å². The molecular formula is C17H18Cl2N2S. The standard InChI is InChI=1S/C17H18Cl2N2S/c1-12-2-3-14(10-16(12)19)11-21-17(22)20-9-8-13-4-6-15(18)7-5-13/h2-7,10H,8-9,11H2,1H3,(H2,20,21,22). The Morgan fingerprint density at radius 1 is 1.00 bits per heavy atom. The van der Waals surface area contributed by atoms with E-state index in [0.29, 0.717) is 11.7 Å². The van der Waals surface area contributed by atoms with Crippen LogP contribution in [0.2, 0.25) is 10.0 Å². The third-order valence-corrected chi connectivity index (χ3v) is 4.25. The van der Waals surface area contributed by atoms with Crippen LogP contribution in [0, 0.1) is 6.92 Å². The van der Waals surface area contributed by atoms with E-state index in [9.17, 15) is 0 Å². The Morgan fingerprint density at radius 3 is 2.36 bits per heavy atom. The van der Waals surface area contributed by atoms with Gasteiger partial charge in [-0.1, -0.05) is 47.5 Å². The fourth-order valence-electron chi connectivity index (χ4n) is 1.96. The van der Waals surface area contributed by atoms with E-state index in [0.717, 1.165) is 34.1 Å². The SMILES string of the molecule is Cc1ccc(CNC(=S)NCCc2ccc(Cl)cc2)cc1Cl. The van der Waals surface area contributed by atoms with Gasteiger partial charge >= 0.3 is 0 Å². The molecule has 0 radical (unpaired) electrons. The second-order valence-corrected chi connectivity index (χ2v) is 6.32. The second kappa shape index (κ2) is 8.37. The van der Waals surface area contributed by atoms with Gasteiger partial charge in [-0.15, -0.1) is 0 Å². The van der Waals surface area contributed by atoms with Crippen molar-refractivity contribution in [1.29, 1.82) is 0 Å². The minimum atomic E-state index is 0.644. The summed E-state index contributed by atoms with van der Waals surface area (Å²) in [6.45, 7) is 3.43. The molecule has 2 aromatic rings. The molecule has 0 aliphatic rings. The maximum Gasteiger partial charge on any atom is 0.166 e. The highest BCUT2D eigenvalue weighted by molar-refractivity contribution is 7.80. The van der Waals surface area contributed by atoms with Gasteiger partial charge in [-0.3, -0.25) is 0 Å². The molecule has 0 aliphatic carbocycles. The third kappa shape index (κ3) is 5.48. The number of hydrogen-bond acceptors (Lipinski definition) is 1. The quantitative estimate of drug-likeness (QED) is 0.774. The molecule has 2 aromatic carbocycles. The van der Waals surface area contributed by atoms with E-state index in [2.05, 4.69) is 10.6 Å². The van der Waals surface area contributed by atoms with Gasteiger partial charge in [-0.05, 0) is 60.5 Å².